The highest BCUT2D eigenvalue weighted by atomic mass is 32.1. The fraction of sp³-hybridized carbons (Fsp3) is 0.278. The second-order valence-electron chi connectivity index (χ2n) is 6.06. The van der Waals surface area contributed by atoms with Gasteiger partial charge < -0.3 is 19.3 Å². The van der Waals surface area contributed by atoms with Gasteiger partial charge in [0.15, 0.2) is 23.1 Å². The van der Waals surface area contributed by atoms with E-state index in [9.17, 15) is 8.78 Å². The number of methoxy groups -OCH3 is 2. The van der Waals surface area contributed by atoms with Crippen LogP contribution in [-0.4, -0.2) is 32.9 Å². The molecule has 0 saturated carbocycles. The van der Waals surface area contributed by atoms with Crippen molar-refractivity contribution in [1.82, 2.24) is 4.98 Å². The van der Waals surface area contributed by atoms with Gasteiger partial charge in [-0.15, -0.1) is 11.3 Å². The summed E-state index contributed by atoms with van der Waals surface area (Å²) in [5, 5.41) is 1.99. The van der Waals surface area contributed by atoms with Crippen LogP contribution in [0.3, 0.4) is 0 Å². The molecule has 3 heterocycles. The fourth-order valence-corrected chi connectivity index (χ4v) is 4.33. The zero-order valence-corrected chi connectivity index (χ0v) is 15.4. The van der Waals surface area contributed by atoms with Crippen molar-refractivity contribution in [3.05, 3.63) is 40.9 Å². The molecule has 0 unspecified atom stereocenters. The third-order valence-electron chi connectivity index (χ3n) is 4.52. The number of rotatable bonds is 3. The van der Waals surface area contributed by atoms with E-state index in [0.29, 0.717) is 13.2 Å². The normalized spacial score (nSPS) is 13.9. The van der Waals surface area contributed by atoms with Gasteiger partial charge in [0, 0.05) is 31.4 Å². The second kappa shape index (κ2) is 6.28. The van der Waals surface area contributed by atoms with Crippen LogP contribution in [0.4, 0.5) is 20.2 Å². The predicted octanol–water partition coefficient (Wildman–Crippen LogP) is 4.01. The highest BCUT2D eigenvalue weighted by molar-refractivity contribution is 7.17. The first-order chi connectivity index (χ1) is 12.5. The SMILES string of the molecule is COc1cc(OC)c(F)c(N2Cc3cnc4ccsc4c3N(C)C2)c1F. The number of benzene rings is 1. The number of ether oxygens (including phenoxy) is 2. The van der Waals surface area contributed by atoms with Gasteiger partial charge in [0.05, 0.1) is 36.8 Å². The maximum atomic E-state index is 14.8. The second-order valence-corrected chi connectivity index (χ2v) is 6.98. The van der Waals surface area contributed by atoms with E-state index in [4.69, 9.17) is 9.47 Å². The molecule has 8 heteroatoms. The Balaban J connectivity index is 1.83. The Kier molecular flexibility index (Phi) is 4.07. The fourth-order valence-electron chi connectivity index (χ4n) is 3.35. The summed E-state index contributed by atoms with van der Waals surface area (Å²) in [6.45, 7) is 0.666. The Labute approximate surface area is 153 Å². The molecule has 1 aromatic carbocycles. The highest BCUT2D eigenvalue weighted by Crippen LogP contribution is 2.41. The summed E-state index contributed by atoms with van der Waals surface area (Å²) in [6.07, 6.45) is 1.76. The number of halogens is 2. The quantitative estimate of drug-likeness (QED) is 0.690. The van der Waals surface area contributed by atoms with Crippen LogP contribution in [0.1, 0.15) is 5.56 Å². The lowest BCUT2D eigenvalue weighted by Crippen LogP contribution is -2.41. The molecule has 4 rings (SSSR count). The summed E-state index contributed by atoms with van der Waals surface area (Å²) in [4.78, 5) is 8.05. The molecule has 1 aliphatic heterocycles. The monoisotopic (exact) mass is 377 g/mol. The van der Waals surface area contributed by atoms with Crippen molar-refractivity contribution in [2.75, 3.05) is 37.7 Å². The molecule has 3 aromatic rings. The van der Waals surface area contributed by atoms with E-state index in [1.807, 2.05) is 23.4 Å². The van der Waals surface area contributed by atoms with E-state index in [1.54, 1.807) is 22.4 Å². The Hall–Kier alpha value is -2.61. The van der Waals surface area contributed by atoms with Gasteiger partial charge in [0.25, 0.3) is 0 Å². The largest absolute Gasteiger partial charge is 0.493 e. The minimum absolute atomic E-state index is 0.0569. The molecule has 0 atom stereocenters. The number of nitrogens with zero attached hydrogens (tertiary/aromatic N) is 3. The lowest BCUT2D eigenvalue weighted by molar-refractivity contribution is 0.358. The molecule has 0 bridgehead atoms. The van der Waals surface area contributed by atoms with Crippen LogP contribution in [0.2, 0.25) is 0 Å². The standard InChI is InChI=1S/C18H17F2N3O2S/c1-22-9-23(8-10-7-21-11-4-5-26-18(11)16(10)22)17-14(19)12(24-2)6-13(25-3)15(17)20/h4-7H,8-9H2,1-3H3. The van der Waals surface area contributed by atoms with Gasteiger partial charge in [0.1, 0.15) is 5.69 Å². The van der Waals surface area contributed by atoms with Crippen molar-refractivity contribution in [1.29, 1.82) is 0 Å². The van der Waals surface area contributed by atoms with Crippen molar-refractivity contribution in [2.24, 2.45) is 0 Å². The lowest BCUT2D eigenvalue weighted by Gasteiger charge is -2.38. The summed E-state index contributed by atoms with van der Waals surface area (Å²) < 4.78 is 40.9. The van der Waals surface area contributed by atoms with E-state index in [-0.39, 0.29) is 17.2 Å². The molecular weight excluding hydrogens is 360 g/mol. The third kappa shape index (κ3) is 2.44. The Bertz CT molecular complexity index is 964. The molecule has 0 spiro atoms. The Morgan fingerprint density at radius 1 is 1.12 bits per heavy atom. The molecule has 5 nitrogen and oxygen atoms in total. The first-order valence-electron chi connectivity index (χ1n) is 7.96. The molecule has 2 aromatic heterocycles. The van der Waals surface area contributed by atoms with Gasteiger partial charge >= 0.3 is 0 Å². The summed E-state index contributed by atoms with van der Waals surface area (Å²) in [7, 11) is 4.58. The summed E-state index contributed by atoms with van der Waals surface area (Å²) in [5.41, 5.74) is 2.73. The summed E-state index contributed by atoms with van der Waals surface area (Å²) in [6, 6.07) is 3.18. The van der Waals surface area contributed by atoms with Crippen LogP contribution in [0.25, 0.3) is 10.2 Å². The minimum Gasteiger partial charge on any atom is -0.493 e. The average molecular weight is 377 g/mol. The predicted molar refractivity (Wildman–Crippen MR) is 98.5 cm³/mol. The van der Waals surface area contributed by atoms with E-state index in [2.05, 4.69) is 4.98 Å². The molecule has 0 amide bonds. The molecule has 0 fully saturated rings. The van der Waals surface area contributed by atoms with Gasteiger partial charge in [-0.2, -0.15) is 0 Å². The molecular formula is C18H17F2N3O2S. The van der Waals surface area contributed by atoms with Crippen molar-refractivity contribution < 1.29 is 18.3 Å². The van der Waals surface area contributed by atoms with Gasteiger partial charge in [-0.25, -0.2) is 8.78 Å². The molecule has 0 saturated heterocycles. The first kappa shape index (κ1) is 16.8. The number of pyridine rings is 1. The molecule has 0 aliphatic carbocycles. The topological polar surface area (TPSA) is 37.8 Å². The van der Waals surface area contributed by atoms with E-state index in [1.165, 1.54) is 20.3 Å². The maximum Gasteiger partial charge on any atom is 0.191 e. The molecule has 26 heavy (non-hydrogen) atoms. The van der Waals surface area contributed by atoms with Crippen molar-refractivity contribution >= 4 is 32.9 Å². The van der Waals surface area contributed by atoms with Crippen LogP contribution in [-0.2, 0) is 6.54 Å². The van der Waals surface area contributed by atoms with Gasteiger partial charge in [-0.05, 0) is 11.4 Å². The zero-order chi connectivity index (χ0) is 18.4. The van der Waals surface area contributed by atoms with Crippen LogP contribution in [0.5, 0.6) is 11.5 Å². The lowest BCUT2D eigenvalue weighted by atomic mass is 10.1. The van der Waals surface area contributed by atoms with Crippen molar-refractivity contribution in [3.8, 4) is 11.5 Å². The van der Waals surface area contributed by atoms with Crippen molar-refractivity contribution in [2.45, 2.75) is 6.54 Å². The molecule has 0 radical (unpaired) electrons. The smallest absolute Gasteiger partial charge is 0.191 e. The van der Waals surface area contributed by atoms with Crippen molar-refractivity contribution in [3.63, 3.8) is 0 Å². The third-order valence-corrected chi connectivity index (χ3v) is 5.43. The number of thiophene rings is 1. The summed E-state index contributed by atoms with van der Waals surface area (Å²) >= 11 is 1.61. The zero-order valence-electron chi connectivity index (χ0n) is 14.5. The van der Waals surface area contributed by atoms with Crippen LogP contribution < -0.4 is 19.3 Å². The maximum absolute atomic E-state index is 14.8. The molecule has 1 aliphatic rings. The van der Waals surface area contributed by atoms with Gasteiger partial charge in [-0.3, -0.25) is 4.98 Å². The van der Waals surface area contributed by atoms with E-state index >= 15 is 0 Å². The Morgan fingerprint density at radius 3 is 2.46 bits per heavy atom. The molecule has 0 N–H and O–H groups in total. The van der Waals surface area contributed by atoms with Crippen LogP contribution in [0, 0.1) is 11.6 Å². The minimum atomic E-state index is -0.743. The number of anilines is 2. The van der Waals surface area contributed by atoms with Crippen LogP contribution >= 0.6 is 11.3 Å². The number of fused-ring (bicyclic) bond motifs is 3. The number of aromatic nitrogens is 1. The first-order valence-corrected chi connectivity index (χ1v) is 8.84. The number of hydrogen-bond donors (Lipinski definition) is 0. The van der Waals surface area contributed by atoms with E-state index < -0.39 is 11.6 Å². The molecule has 136 valence electrons. The average Bonchev–Trinajstić information content (AvgIpc) is 3.10. The van der Waals surface area contributed by atoms with E-state index in [0.717, 1.165) is 21.5 Å². The van der Waals surface area contributed by atoms with Gasteiger partial charge in [0.2, 0.25) is 0 Å². The highest BCUT2D eigenvalue weighted by Gasteiger charge is 2.30. The van der Waals surface area contributed by atoms with Crippen LogP contribution in [0.15, 0.2) is 23.7 Å². The number of hydrogen-bond acceptors (Lipinski definition) is 6. The van der Waals surface area contributed by atoms with Gasteiger partial charge in [-0.1, -0.05) is 0 Å². The summed E-state index contributed by atoms with van der Waals surface area (Å²) in [5.74, 6) is -1.60. The Morgan fingerprint density at radius 2 is 1.81 bits per heavy atom.